The van der Waals surface area contributed by atoms with Crippen LogP contribution in [0, 0.1) is 11.8 Å². The summed E-state index contributed by atoms with van der Waals surface area (Å²) >= 11 is 1.87. The lowest BCUT2D eigenvalue weighted by Gasteiger charge is -2.37. The van der Waals surface area contributed by atoms with Crippen LogP contribution in [0.2, 0.25) is 0 Å². The molecular formula is C17H27NO4S. The Morgan fingerprint density at radius 1 is 1.48 bits per heavy atom. The average Bonchev–Trinajstić information content (AvgIpc) is 2.55. The van der Waals surface area contributed by atoms with Crippen molar-refractivity contribution in [1.82, 2.24) is 4.90 Å². The zero-order valence-electron chi connectivity index (χ0n) is 14.2. The molecule has 23 heavy (non-hydrogen) atoms. The summed E-state index contributed by atoms with van der Waals surface area (Å²) in [6, 6.07) is 0. The third-order valence-electron chi connectivity index (χ3n) is 4.52. The van der Waals surface area contributed by atoms with Gasteiger partial charge in [0, 0.05) is 30.1 Å². The van der Waals surface area contributed by atoms with Gasteiger partial charge in [-0.2, -0.15) is 11.8 Å². The van der Waals surface area contributed by atoms with E-state index in [-0.39, 0.29) is 11.7 Å². The van der Waals surface area contributed by atoms with Crippen LogP contribution in [0.25, 0.3) is 0 Å². The minimum Gasteiger partial charge on any atom is -0.468 e. The maximum Gasteiger partial charge on any atom is 0.316 e. The normalized spacial score (nSPS) is 26.7. The van der Waals surface area contributed by atoms with E-state index < -0.39 is 11.9 Å². The van der Waals surface area contributed by atoms with Crippen molar-refractivity contribution < 1.29 is 19.1 Å². The number of rotatable bonds is 6. The Kier molecular flexibility index (Phi) is 6.96. The van der Waals surface area contributed by atoms with Crippen molar-refractivity contribution in [3.05, 3.63) is 11.8 Å². The van der Waals surface area contributed by atoms with E-state index in [0.29, 0.717) is 18.5 Å². The molecular weight excluding hydrogens is 314 g/mol. The van der Waals surface area contributed by atoms with Crippen LogP contribution in [-0.2, 0) is 19.1 Å². The van der Waals surface area contributed by atoms with Crippen LogP contribution < -0.4 is 0 Å². The van der Waals surface area contributed by atoms with Gasteiger partial charge in [-0.15, -0.1) is 0 Å². The number of ether oxygens (including phenoxy) is 2. The van der Waals surface area contributed by atoms with E-state index >= 15 is 0 Å². The highest BCUT2D eigenvalue weighted by Crippen LogP contribution is 2.35. The Morgan fingerprint density at radius 3 is 2.78 bits per heavy atom. The molecule has 0 aromatic heterocycles. The van der Waals surface area contributed by atoms with Crippen LogP contribution in [0.15, 0.2) is 11.8 Å². The first kappa shape index (κ1) is 18.3. The van der Waals surface area contributed by atoms with Crippen molar-refractivity contribution >= 4 is 23.5 Å². The lowest BCUT2D eigenvalue weighted by atomic mass is 9.77. The summed E-state index contributed by atoms with van der Waals surface area (Å²) in [4.78, 5) is 26.9. The number of allylic oxidation sites excluding steroid dienone is 2. The van der Waals surface area contributed by atoms with E-state index in [4.69, 9.17) is 9.47 Å². The highest BCUT2D eigenvalue weighted by Gasteiger charge is 2.40. The average molecular weight is 341 g/mol. The number of carbonyl (C=O) groups excluding carboxylic acids is 2. The largest absolute Gasteiger partial charge is 0.468 e. The minimum absolute atomic E-state index is 0.0202. The molecule has 2 aliphatic rings. The van der Waals surface area contributed by atoms with Gasteiger partial charge in [-0.1, -0.05) is 13.8 Å². The molecule has 0 bridgehead atoms. The van der Waals surface area contributed by atoms with Crippen molar-refractivity contribution in [1.29, 1.82) is 0 Å². The van der Waals surface area contributed by atoms with Crippen molar-refractivity contribution in [2.75, 3.05) is 39.2 Å². The predicted molar refractivity (Wildman–Crippen MR) is 91.3 cm³/mol. The van der Waals surface area contributed by atoms with E-state index in [1.807, 2.05) is 11.8 Å². The molecule has 0 saturated carbocycles. The minimum atomic E-state index is -0.648. The zero-order chi connectivity index (χ0) is 16.8. The fourth-order valence-electron chi connectivity index (χ4n) is 3.44. The summed E-state index contributed by atoms with van der Waals surface area (Å²) in [5, 5.41) is 0.425. The van der Waals surface area contributed by atoms with Gasteiger partial charge in [0.05, 0.1) is 20.3 Å². The lowest BCUT2D eigenvalue weighted by molar-refractivity contribution is -0.151. The molecule has 0 amide bonds. The molecule has 1 saturated heterocycles. The summed E-state index contributed by atoms with van der Waals surface area (Å²) in [6.07, 6.45) is 3.27. The maximum atomic E-state index is 12.6. The van der Waals surface area contributed by atoms with Crippen molar-refractivity contribution in [3.63, 3.8) is 0 Å². The number of ketones is 1. The van der Waals surface area contributed by atoms with Crippen LogP contribution in [0.4, 0.5) is 0 Å². The lowest BCUT2D eigenvalue weighted by Crippen LogP contribution is -2.42. The van der Waals surface area contributed by atoms with E-state index in [0.717, 1.165) is 37.4 Å². The third kappa shape index (κ3) is 4.73. The number of nitrogens with zero attached hydrogens (tertiary/aromatic N) is 1. The van der Waals surface area contributed by atoms with Crippen LogP contribution >= 0.6 is 11.8 Å². The van der Waals surface area contributed by atoms with Crippen LogP contribution in [0.5, 0.6) is 0 Å². The van der Waals surface area contributed by atoms with Crippen molar-refractivity contribution in [3.8, 4) is 0 Å². The second kappa shape index (κ2) is 8.73. The Balaban J connectivity index is 2.15. The molecule has 0 radical (unpaired) electrons. The van der Waals surface area contributed by atoms with Gasteiger partial charge in [0.25, 0.3) is 0 Å². The number of carbonyl (C=O) groups is 2. The molecule has 0 N–H and O–H groups in total. The van der Waals surface area contributed by atoms with Crippen LogP contribution in [0.1, 0.15) is 26.7 Å². The first-order valence-electron chi connectivity index (χ1n) is 8.33. The first-order valence-corrected chi connectivity index (χ1v) is 9.38. The van der Waals surface area contributed by atoms with Gasteiger partial charge in [-0.25, -0.2) is 0 Å². The number of hydrogen-bond acceptors (Lipinski definition) is 6. The molecule has 130 valence electrons. The fourth-order valence-corrected chi connectivity index (χ4v) is 4.39. The van der Waals surface area contributed by atoms with Gasteiger partial charge in [0.2, 0.25) is 0 Å². The standard InChI is InChI=1S/C17H27NO4S/c1-4-23-12(2)9-13-10-14(18-5-7-22-8-6-18)11-15(19)16(13)17(20)21-3/h11-13,16H,4-10H2,1-3H3/t12-,13-,16-/m1/s1. The predicted octanol–water partition coefficient (Wildman–Crippen LogP) is 2.11. The SMILES string of the molecule is CCS[C@H](C)C[C@@H]1CC(N2CCOCC2)=CC(=O)[C@@H]1C(=O)OC. The molecule has 1 fully saturated rings. The molecule has 0 aromatic rings. The summed E-state index contributed by atoms with van der Waals surface area (Å²) in [5.41, 5.74) is 1.05. The summed E-state index contributed by atoms with van der Waals surface area (Å²) < 4.78 is 10.3. The summed E-state index contributed by atoms with van der Waals surface area (Å²) in [6.45, 7) is 7.31. The van der Waals surface area contributed by atoms with Gasteiger partial charge < -0.3 is 14.4 Å². The fraction of sp³-hybridized carbons (Fsp3) is 0.765. The molecule has 2 rings (SSSR count). The van der Waals surface area contributed by atoms with Gasteiger partial charge >= 0.3 is 5.97 Å². The van der Waals surface area contributed by atoms with Gasteiger partial charge in [0.15, 0.2) is 5.78 Å². The Morgan fingerprint density at radius 2 is 2.17 bits per heavy atom. The van der Waals surface area contributed by atoms with Crippen LogP contribution in [-0.4, -0.2) is 61.1 Å². The first-order chi connectivity index (χ1) is 11.1. The Labute approximate surface area is 142 Å². The second-order valence-electron chi connectivity index (χ2n) is 6.10. The molecule has 1 aliphatic heterocycles. The van der Waals surface area contributed by atoms with E-state index in [1.165, 1.54) is 7.11 Å². The molecule has 1 aliphatic carbocycles. The van der Waals surface area contributed by atoms with Gasteiger partial charge in [0.1, 0.15) is 5.92 Å². The molecule has 1 heterocycles. The molecule has 0 aromatic carbocycles. The number of esters is 1. The van der Waals surface area contributed by atoms with E-state index in [1.54, 1.807) is 6.08 Å². The third-order valence-corrected chi connectivity index (χ3v) is 5.61. The smallest absolute Gasteiger partial charge is 0.316 e. The zero-order valence-corrected chi connectivity index (χ0v) is 15.1. The molecule has 6 heteroatoms. The number of thioether (sulfide) groups is 1. The van der Waals surface area contributed by atoms with Gasteiger partial charge in [-0.05, 0) is 24.5 Å². The highest BCUT2D eigenvalue weighted by atomic mass is 32.2. The summed E-state index contributed by atoms with van der Waals surface area (Å²) in [7, 11) is 1.36. The topological polar surface area (TPSA) is 55.8 Å². The maximum absolute atomic E-state index is 12.6. The highest BCUT2D eigenvalue weighted by molar-refractivity contribution is 7.99. The molecule has 3 atom stereocenters. The molecule has 0 spiro atoms. The number of hydrogen-bond donors (Lipinski definition) is 0. The Bertz CT molecular complexity index is 460. The summed E-state index contributed by atoms with van der Waals surface area (Å²) in [5.74, 6) is -0.0949. The number of methoxy groups -OCH3 is 1. The van der Waals surface area contributed by atoms with Crippen molar-refractivity contribution in [2.45, 2.75) is 31.9 Å². The van der Waals surface area contributed by atoms with Crippen molar-refractivity contribution in [2.24, 2.45) is 11.8 Å². The van der Waals surface area contributed by atoms with E-state index in [9.17, 15) is 9.59 Å². The Hall–Kier alpha value is -1.01. The van der Waals surface area contributed by atoms with E-state index in [2.05, 4.69) is 18.7 Å². The number of morpholine rings is 1. The van der Waals surface area contributed by atoms with Crippen LogP contribution in [0.3, 0.4) is 0 Å². The molecule has 5 nitrogen and oxygen atoms in total. The monoisotopic (exact) mass is 341 g/mol. The quantitative estimate of drug-likeness (QED) is 0.545. The molecule has 0 unspecified atom stereocenters. The van der Waals surface area contributed by atoms with Gasteiger partial charge in [-0.3, -0.25) is 9.59 Å². The second-order valence-corrected chi connectivity index (χ2v) is 7.82.